The molecule has 0 spiro atoms. The highest BCUT2D eigenvalue weighted by atomic mass is 16.6. The highest BCUT2D eigenvalue weighted by Crippen LogP contribution is 2.25. The minimum atomic E-state index is -0.467. The average molecular weight is 362 g/mol. The van der Waals surface area contributed by atoms with Gasteiger partial charge < -0.3 is 19.3 Å². The molecule has 144 valence electrons. The van der Waals surface area contributed by atoms with Gasteiger partial charge in [0, 0.05) is 31.4 Å². The van der Waals surface area contributed by atoms with Gasteiger partial charge in [-0.1, -0.05) is 0 Å². The van der Waals surface area contributed by atoms with Crippen molar-refractivity contribution >= 4 is 17.7 Å². The fourth-order valence-corrected chi connectivity index (χ4v) is 3.25. The Bertz CT molecular complexity index is 614. The molecule has 1 aromatic rings. The van der Waals surface area contributed by atoms with Crippen molar-refractivity contribution in [3.8, 4) is 0 Å². The summed E-state index contributed by atoms with van der Waals surface area (Å²) >= 11 is 0. The first kappa shape index (κ1) is 20.1. The van der Waals surface area contributed by atoms with Crippen LogP contribution in [0.2, 0.25) is 0 Å². The monoisotopic (exact) mass is 362 g/mol. The van der Waals surface area contributed by atoms with Crippen molar-refractivity contribution in [3.63, 3.8) is 0 Å². The van der Waals surface area contributed by atoms with Gasteiger partial charge in [0.15, 0.2) is 0 Å². The Labute approximate surface area is 156 Å². The van der Waals surface area contributed by atoms with Crippen LogP contribution in [-0.2, 0) is 9.47 Å². The molecule has 1 saturated heterocycles. The van der Waals surface area contributed by atoms with Crippen molar-refractivity contribution in [3.05, 3.63) is 29.8 Å². The van der Waals surface area contributed by atoms with E-state index in [0.29, 0.717) is 24.7 Å². The molecule has 1 amide bonds. The molecule has 26 heavy (non-hydrogen) atoms. The minimum absolute atomic E-state index is 0.235. The molecule has 1 aromatic carbocycles. The van der Waals surface area contributed by atoms with Crippen molar-refractivity contribution in [2.75, 3.05) is 31.6 Å². The second kappa shape index (κ2) is 8.43. The second-order valence-electron chi connectivity index (χ2n) is 7.52. The van der Waals surface area contributed by atoms with Crippen LogP contribution in [0.15, 0.2) is 24.3 Å². The van der Waals surface area contributed by atoms with Crippen molar-refractivity contribution in [2.24, 2.45) is 0 Å². The molecule has 0 bridgehead atoms. The highest BCUT2D eigenvalue weighted by molar-refractivity contribution is 5.89. The highest BCUT2D eigenvalue weighted by Gasteiger charge is 2.29. The molecule has 0 saturated carbocycles. The fraction of sp³-hybridized carbons (Fsp3) is 0.600. The lowest BCUT2D eigenvalue weighted by Gasteiger charge is -2.39. The molecule has 0 atom stereocenters. The molecular formula is C20H30N2O4. The molecular weight excluding hydrogens is 332 g/mol. The summed E-state index contributed by atoms with van der Waals surface area (Å²) in [6, 6.07) is 7.85. The second-order valence-corrected chi connectivity index (χ2v) is 7.52. The van der Waals surface area contributed by atoms with E-state index >= 15 is 0 Å². The number of likely N-dealkylation sites (tertiary alicyclic amines) is 1. The molecule has 0 radical (unpaired) electrons. The Balaban J connectivity index is 1.98. The lowest BCUT2D eigenvalue weighted by Crippen LogP contribution is -2.48. The average Bonchev–Trinajstić information content (AvgIpc) is 2.61. The number of nitrogens with zero attached hydrogens (tertiary/aromatic N) is 2. The predicted molar refractivity (Wildman–Crippen MR) is 102 cm³/mol. The molecule has 1 heterocycles. The maximum absolute atomic E-state index is 12.2. The minimum Gasteiger partial charge on any atom is -0.465 e. The third-order valence-electron chi connectivity index (χ3n) is 4.52. The van der Waals surface area contributed by atoms with E-state index in [0.717, 1.165) is 25.1 Å². The summed E-state index contributed by atoms with van der Waals surface area (Å²) in [7, 11) is 1.38. The van der Waals surface area contributed by atoms with E-state index < -0.39 is 5.60 Å². The van der Waals surface area contributed by atoms with Gasteiger partial charge in [0.25, 0.3) is 0 Å². The zero-order valence-electron chi connectivity index (χ0n) is 16.4. The van der Waals surface area contributed by atoms with Gasteiger partial charge in [-0.25, -0.2) is 9.59 Å². The van der Waals surface area contributed by atoms with E-state index in [1.807, 2.05) is 32.9 Å². The first-order valence-corrected chi connectivity index (χ1v) is 9.18. The molecule has 0 unspecified atom stereocenters. The number of ether oxygens (including phenoxy) is 2. The van der Waals surface area contributed by atoms with Crippen LogP contribution in [0.1, 0.15) is 50.9 Å². The fourth-order valence-electron chi connectivity index (χ4n) is 3.25. The number of amides is 1. The molecule has 0 N–H and O–H groups in total. The Hall–Kier alpha value is -2.24. The quantitative estimate of drug-likeness (QED) is 0.765. The van der Waals surface area contributed by atoms with Crippen LogP contribution in [0.4, 0.5) is 10.5 Å². The van der Waals surface area contributed by atoms with Crippen LogP contribution in [0, 0.1) is 0 Å². The number of carbonyl (C=O) groups excluding carboxylic acids is 2. The number of anilines is 1. The topological polar surface area (TPSA) is 59.1 Å². The number of carbonyl (C=O) groups is 2. The Morgan fingerprint density at radius 3 is 2.19 bits per heavy atom. The predicted octanol–water partition coefficient (Wildman–Crippen LogP) is 3.70. The number of benzene rings is 1. The van der Waals surface area contributed by atoms with Crippen LogP contribution in [0.5, 0.6) is 0 Å². The third kappa shape index (κ3) is 5.13. The van der Waals surface area contributed by atoms with E-state index in [9.17, 15) is 9.59 Å². The maximum Gasteiger partial charge on any atom is 0.410 e. The zero-order valence-corrected chi connectivity index (χ0v) is 16.4. The standard InChI is InChI=1S/C20H30N2O4/c1-6-22(16-9-7-15(8-10-16)18(23)25-5)17-11-13-21(14-12-17)19(24)26-20(2,3)4/h7-10,17H,6,11-14H2,1-5H3. The van der Waals surface area contributed by atoms with Crippen LogP contribution in [0.25, 0.3) is 0 Å². The maximum atomic E-state index is 12.2. The number of hydrogen-bond donors (Lipinski definition) is 0. The molecule has 1 fully saturated rings. The smallest absolute Gasteiger partial charge is 0.410 e. The Kier molecular flexibility index (Phi) is 6.51. The van der Waals surface area contributed by atoms with Crippen molar-refractivity contribution in [2.45, 2.75) is 52.2 Å². The van der Waals surface area contributed by atoms with Gasteiger partial charge >= 0.3 is 12.1 Å². The lowest BCUT2D eigenvalue weighted by molar-refractivity contribution is 0.0204. The Morgan fingerprint density at radius 2 is 1.73 bits per heavy atom. The van der Waals surface area contributed by atoms with Crippen LogP contribution in [-0.4, -0.2) is 55.3 Å². The van der Waals surface area contributed by atoms with Gasteiger partial charge in [-0.05, 0) is 64.8 Å². The first-order chi connectivity index (χ1) is 12.2. The first-order valence-electron chi connectivity index (χ1n) is 9.18. The Morgan fingerprint density at radius 1 is 1.15 bits per heavy atom. The van der Waals surface area contributed by atoms with Gasteiger partial charge in [-0.2, -0.15) is 0 Å². The van der Waals surface area contributed by atoms with Gasteiger partial charge in [0.1, 0.15) is 5.60 Å². The summed E-state index contributed by atoms with van der Waals surface area (Å²) in [5.74, 6) is -0.328. The van der Waals surface area contributed by atoms with Crippen molar-refractivity contribution < 1.29 is 19.1 Å². The summed E-state index contributed by atoms with van der Waals surface area (Å²) < 4.78 is 10.2. The van der Waals surface area contributed by atoms with Gasteiger partial charge in [-0.3, -0.25) is 0 Å². The van der Waals surface area contributed by atoms with E-state index in [1.165, 1.54) is 7.11 Å². The lowest BCUT2D eigenvalue weighted by atomic mass is 10.0. The van der Waals surface area contributed by atoms with Crippen LogP contribution < -0.4 is 4.90 Å². The molecule has 6 nitrogen and oxygen atoms in total. The number of esters is 1. The number of piperidine rings is 1. The van der Waals surface area contributed by atoms with Crippen molar-refractivity contribution in [1.29, 1.82) is 0 Å². The molecule has 0 aromatic heterocycles. The molecule has 6 heteroatoms. The number of methoxy groups -OCH3 is 1. The summed E-state index contributed by atoms with van der Waals surface area (Å²) in [5.41, 5.74) is 1.16. The SMILES string of the molecule is CCN(c1ccc(C(=O)OC)cc1)C1CCN(C(=O)OC(C)(C)C)CC1. The summed E-state index contributed by atoms with van der Waals surface area (Å²) in [6.45, 7) is 10.0. The third-order valence-corrected chi connectivity index (χ3v) is 4.52. The number of hydrogen-bond acceptors (Lipinski definition) is 5. The molecule has 1 aliphatic heterocycles. The van der Waals surface area contributed by atoms with Crippen LogP contribution >= 0.6 is 0 Å². The summed E-state index contributed by atoms with van der Waals surface area (Å²) in [4.78, 5) is 27.9. The van der Waals surface area contributed by atoms with E-state index in [1.54, 1.807) is 17.0 Å². The van der Waals surface area contributed by atoms with E-state index in [4.69, 9.17) is 9.47 Å². The summed E-state index contributed by atoms with van der Waals surface area (Å²) in [6.07, 6.45) is 1.55. The molecule has 1 aliphatic rings. The molecule has 0 aliphatic carbocycles. The molecule has 2 rings (SSSR count). The largest absolute Gasteiger partial charge is 0.465 e. The zero-order chi connectivity index (χ0) is 19.3. The van der Waals surface area contributed by atoms with E-state index in [-0.39, 0.29) is 12.1 Å². The van der Waals surface area contributed by atoms with Gasteiger partial charge in [0.05, 0.1) is 12.7 Å². The van der Waals surface area contributed by atoms with Gasteiger partial charge in [0.2, 0.25) is 0 Å². The van der Waals surface area contributed by atoms with Gasteiger partial charge in [-0.15, -0.1) is 0 Å². The van der Waals surface area contributed by atoms with Crippen LogP contribution in [0.3, 0.4) is 0 Å². The van der Waals surface area contributed by atoms with Crippen molar-refractivity contribution in [1.82, 2.24) is 4.90 Å². The van der Waals surface area contributed by atoms with E-state index in [2.05, 4.69) is 11.8 Å². The normalized spacial score (nSPS) is 15.5. The summed E-state index contributed by atoms with van der Waals surface area (Å²) in [5, 5.41) is 0. The number of rotatable bonds is 4.